The summed E-state index contributed by atoms with van der Waals surface area (Å²) in [5.41, 5.74) is 9.14. The van der Waals surface area contributed by atoms with Crippen LogP contribution in [-0.4, -0.2) is 0 Å². The van der Waals surface area contributed by atoms with Crippen molar-refractivity contribution >= 4 is 54.3 Å². The van der Waals surface area contributed by atoms with Crippen LogP contribution in [0, 0.1) is 0 Å². The first-order valence-electron chi connectivity index (χ1n) is 21.5. The third-order valence-corrected chi connectivity index (χ3v) is 11.1. The van der Waals surface area contributed by atoms with E-state index in [0.29, 0.717) is 33.4 Å². The van der Waals surface area contributed by atoms with E-state index < -0.39 is 29.6 Å². The van der Waals surface area contributed by atoms with Gasteiger partial charge in [-0.25, -0.2) is 0 Å². The highest BCUT2D eigenvalue weighted by atomic mass is 16.3. The van der Waals surface area contributed by atoms with Crippen LogP contribution in [0.1, 0.15) is 35.9 Å². The maximum atomic E-state index is 9.51. The van der Waals surface area contributed by atoms with Gasteiger partial charge in [0, 0.05) is 16.2 Å². The highest BCUT2D eigenvalue weighted by molar-refractivity contribution is 6.22. The van der Waals surface area contributed by atoms with Crippen molar-refractivity contribution in [2.24, 2.45) is 0 Å². The van der Waals surface area contributed by atoms with Gasteiger partial charge in [-0.15, -0.1) is 0 Å². The van der Waals surface area contributed by atoms with E-state index in [1.54, 1.807) is 6.07 Å². The van der Waals surface area contributed by atoms with Crippen LogP contribution in [0.3, 0.4) is 0 Å². The molecule has 1 aromatic heterocycles. The lowest BCUT2D eigenvalue weighted by molar-refractivity contribution is 0.661. The largest absolute Gasteiger partial charge is 0.456 e. The average molecular weight is 671 g/mol. The van der Waals surface area contributed by atoms with Gasteiger partial charge >= 0.3 is 0 Å². The summed E-state index contributed by atoms with van der Waals surface area (Å²) in [5.74, 6) is 0. The molecule has 1 heteroatoms. The molecule has 11 rings (SSSR count). The van der Waals surface area contributed by atoms with E-state index in [9.17, 15) is 5.48 Å². The number of furan rings is 1. The first-order chi connectivity index (χ1) is 28.8. The molecule has 0 atom stereocenters. The van der Waals surface area contributed by atoms with Crippen LogP contribution < -0.4 is 0 Å². The molecule has 1 nitrogen and oxygen atoms in total. The van der Waals surface area contributed by atoms with Gasteiger partial charge in [-0.1, -0.05) is 147 Å². The van der Waals surface area contributed by atoms with Crippen LogP contribution in [0.2, 0.25) is 0 Å². The third kappa shape index (κ3) is 4.17. The van der Waals surface area contributed by atoms with Gasteiger partial charge in [0.15, 0.2) is 0 Å². The number of hydrogen-bond donors (Lipinski definition) is 0. The predicted molar refractivity (Wildman–Crippen MR) is 220 cm³/mol. The molecular formula is C51H34O. The summed E-state index contributed by atoms with van der Waals surface area (Å²) in [7, 11) is 0. The Labute approximate surface area is 313 Å². The minimum Gasteiger partial charge on any atom is -0.456 e. The monoisotopic (exact) mass is 670 g/mol. The number of rotatable bonds is 3. The van der Waals surface area contributed by atoms with Crippen molar-refractivity contribution < 1.29 is 15.4 Å². The highest BCUT2D eigenvalue weighted by Crippen LogP contribution is 2.52. The van der Waals surface area contributed by atoms with Gasteiger partial charge in [-0.2, -0.15) is 0 Å². The lowest BCUT2D eigenvalue weighted by Crippen LogP contribution is -2.15. The lowest BCUT2D eigenvalue weighted by atomic mass is 9.80. The van der Waals surface area contributed by atoms with E-state index in [2.05, 4.69) is 50.2 Å². The van der Waals surface area contributed by atoms with Crippen LogP contribution in [0.15, 0.2) is 174 Å². The van der Waals surface area contributed by atoms with E-state index in [1.165, 1.54) is 0 Å². The van der Waals surface area contributed by atoms with Crippen LogP contribution >= 0.6 is 0 Å². The highest BCUT2D eigenvalue weighted by Gasteiger charge is 2.36. The van der Waals surface area contributed by atoms with E-state index in [4.69, 9.17) is 9.90 Å². The van der Waals surface area contributed by atoms with Crippen molar-refractivity contribution in [2.45, 2.75) is 19.3 Å². The van der Waals surface area contributed by atoms with Gasteiger partial charge in [0.05, 0.1) is 11.0 Å². The molecule has 0 unspecified atom stereocenters. The Morgan fingerprint density at radius 2 is 0.923 bits per heavy atom. The zero-order valence-electron chi connectivity index (χ0n) is 36.5. The normalized spacial score (nSPS) is 15.5. The molecular weight excluding hydrogens is 629 g/mol. The summed E-state index contributed by atoms with van der Waals surface area (Å²) < 4.78 is 80.0. The van der Waals surface area contributed by atoms with E-state index in [1.807, 2.05) is 78.9 Å². The first kappa shape index (κ1) is 22.4. The SMILES string of the molecule is [2H]c1c([2H])c([2H])c2c(-c3ccc4oc5cc6ccccc6cc5c4c3)c3c([2H])c([2H])c([2H])c([2H])c3c(-c3ccc4c(c3)C(C)(C)c3cc(-c5ccccc5)ccc3-4)c2c1[2H]. The Morgan fingerprint density at radius 3 is 1.56 bits per heavy atom. The second-order valence-corrected chi connectivity index (χ2v) is 14.3. The molecule has 0 fully saturated rings. The van der Waals surface area contributed by atoms with Gasteiger partial charge in [-0.05, 0) is 124 Å². The van der Waals surface area contributed by atoms with Crippen LogP contribution in [0.4, 0.5) is 0 Å². The minimum atomic E-state index is -0.469. The van der Waals surface area contributed by atoms with E-state index >= 15 is 0 Å². The smallest absolute Gasteiger partial charge is 0.136 e. The van der Waals surface area contributed by atoms with Crippen molar-refractivity contribution in [1.82, 2.24) is 0 Å². The second-order valence-electron chi connectivity index (χ2n) is 14.3. The molecule has 244 valence electrons. The third-order valence-electron chi connectivity index (χ3n) is 11.1. The maximum Gasteiger partial charge on any atom is 0.136 e. The molecule has 0 amide bonds. The van der Waals surface area contributed by atoms with Gasteiger partial charge < -0.3 is 4.42 Å². The standard InChI is InChI=1S/C51H34O/c1-51(2)45-28-34(31-12-4-3-5-13-31)20-23-37(45)38-24-21-36(29-46(38)51)50-41-18-10-8-16-39(41)49(40-17-9-11-19-42(40)50)35-22-25-47-43(27-35)44-26-32-14-6-7-15-33(32)30-48(44)52-47/h3-30H,1-2H3/i8D,9D,10D,11D,16D,17D,18D,19D. The fourth-order valence-electron chi connectivity index (χ4n) is 8.52. The molecule has 10 aromatic rings. The molecule has 1 heterocycles. The van der Waals surface area contributed by atoms with Crippen molar-refractivity contribution in [1.29, 1.82) is 0 Å². The molecule has 52 heavy (non-hydrogen) atoms. The average Bonchev–Trinajstić information content (AvgIpc) is 3.73. The molecule has 0 aliphatic heterocycles. The second kappa shape index (κ2) is 10.8. The summed E-state index contributed by atoms with van der Waals surface area (Å²) in [5, 5.41) is 4.43. The summed E-state index contributed by atoms with van der Waals surface area (Å²) in [6, 6.07) is 37.5. The number of hydrogen-bond acceptors (Lipinski definition) is 1. The Hall–Kier alpha value is -6.44. The van der Waals surface area contributed by atoms with Gasteiger partial charge in [0.2, 0.25) is 0 Å². The van der Waals surface area contributed by atoms with Crippen molar-refractivity contribution in [3.63, 3.8) is 0 Å². The number of benzene rings is 9. The zero-order valence-corrected chi connectivity index (χ0v) is 28.5. The fraction of sp³-hybridized carbons (Fsp3) is 0.0588. The van der Waals surface area contributed by atoms with Crippen molar-refractivity contribution in [2.75, 3.05) is 0 Å². The Kier molecular flexibility index (Phi) is 4.64. The quantitative estimate of drug-likeness (QED) is 0.171. The maximum absolute atomic E-state index is 9.51. The summed E-state index contributed by atoms with van der Waals surface area (Å²) in [6.45, 7) is 4.35. The van der Waals surface area contributed by atoms with Crippen LogP contribution in [0.5, 0.6) is 0 Å². The van der Waals surface area contributed by atoms with Gasteiger partial charge in [0.25, 0.3) is 0 Å². The molecule has 0 N–H and O–H groups in total. The molecule has 0 radical (unpaired) electrons. The minimum absolute atomic E-state index is 0.182. The summed E-state index contributed by atoms with van der Waals surface area (Å²) >= 11 is 0. The lowest BCUT2D eigenvalue weighted by Gasteiger charge is -2.23. The number of fused-ring (bicyclic) bond motifs is 9. The molecule has 1 aliphatic rings. The molecule has 1 aliphatic carbocycles. The first-order valence-corrected chi connectivity index (χ1v) is 17.5. The summed E-state index contributed by atoms with van der Waals surface area (Å²) in [6.07, 6.45) is 0. The Morgan fingerprint density at radius 1 is 0.423 bits per heavy atom. The fourth-order valence-corrected chi connectivity index (χ4v) is 8.52. The van der Waals surface area contributed by atoms with E-state index in [0.717, 1.165) is 54.9 Å². The molecule has 9 aromatic carbocycles. The van der Waals surface area contributed by atoms with Gasteiger partial charge in [0.1, 0.15) is 11.2 Å². The predicted octanol–water partition coefficient (Wildman–Crippen LogP) is 14.4. The van der Waals surface area contributed by atoms with Crippen molar-refractivity contribution in [3.8, 4) is 44.5 Å². The molecule has 0 spiro atoms. The van der Waals surface area contributed by atoms with Crippen molar-refractivity contribution in [3.05, 3.63) is 181 Å². The van der Waals surface area contributed by atoms with Crippen LogP contribution in [-0.2, 0) is 5.41 Å². The topological polar surface area (TPSA) is 13.1 Å². The molecule has 0 saturated heterocycles. The Bertz CT molecular complexity index is 3470. The van der Waals surface area contributed by atoms with Gasteiger partial charge in [-0.3, -0.25) is 0 Å². The van der Waals surface area contributed by atoms with E-state index in [-0.39, 0.29) is 45.7 Å². The summed E-state index contributed by atoms with van der Waals surface area (Å²) in [4.78, 5) is 0. The molecule has 0 saturated carbocycles. The molecule has 0 bridgehead atoms. The Balaban J connectivity index is 1.24. The zero-order chi connectivity index (χ0) is 41.5. The van der Waals surface area contributed by atoms with Crippen LogP contribution in [0.25, 0.3) is 98.8 Å².